The molecular weight excluding hydrogens is 1300 g/mol. The van der Waals surface area contributed by atoms with Crippen molar-refractivity contribution in [1.29, 1.82) is 0 Å². The van der Waals surface area contributed by atoms with Crippen LogP contribution in [0.3, 0.4) is 0 Å². The van der Waals surface area contributed by atoms with Gasteiger partial charge in [-0.3, -0.25) is 58.0 Å². The van der Waals surface area contributed by atoms with Gasteiger partial charge in [-0.2, -0.15) is 0 Å². The first-order valence-corrected chi connectivity index (χ1v) is 36.5. The smallest absolute Gasteiger partial charge is 0.276 e. The lowest BCUT2D eigenvalue weighted by Crippen LogP contribution is -2.47. The van der Waals surface area contributed by atoms with Crippen molar-refractivity contribution in [2.75, 3.05) is 9.80 Å². The van der Waals surface area contributed by atoms with Crippen LogP contribution in [0.4, 0.5) is 11.4 Å². The van der Waals surface area contributed by atoms with Crippen molar-refractivity contribution >= 4 is 194 Å². The predicted octanol–water partition coefficient (Wildman–Crippen LogP) is 16.2. The summed E-state index contributed by atoms with van der Waals surface area (Å²) in [7, 11) is 0. The van der Waals surface area contributed by atoms with Crippen LogP contribution in [0.2, 0.25) is 0 Å². The fourth-order valence-electron chi connectivity index (χ4n) is 16.1. The topological polar surface area (TPSA) is 156 Å². The molecule has 3 aromatic heterocycles. The molecule has 8 amide bonds. The number of carbonyl (C=O) groups excluding carboxylic acids is 8. The van der Waals surface area contributed by atoms with Crippen molar-refractivity contribution in [3.05, 3.63) is 160 Å². The van der Waals surface area contributed by atoms with Gasteiger partial charge in [-0.05, 0) is 93.8 Å². The fourth-order valence-corrected chi connectivity index (χ4v) is 21.3. The van der Waals surface area contributed by atoms with Gasteiger partial charge in [-0.15, -0.1) is 34.0 Å². The zero-order valence-electron chi connectivity index (χ0n) is 50.5. The maximum atomic E-state index is 13.7. The first kappa shape index (κ1) is 60.4. The molecule has 4 saturated carbocycles. The summed E-state index contributed by atoms with van der Waals surface area (Å²) in [5, 5.41) is 4.23. The molecule has 4 aliphatic carbocycles. The minimum Gasteiger partial charge on any atom is -0.295 e. The Hall–Kier alpha value is -7.50. The number of carbonyl (C=O) groups is 8. The normalized spacial score (nSPS) is 20.2. The fraction of sp³-hybridized carbons (Fsp3) is 0.333. The van der Waals surface area contributed by atoms with E-state index in [4.69, 9.17) is 48.9 Å². The number of para-hydroxylation sites is 2. The summed E-state index contributed by atoms with van der Waals surface area (Å²) in [5.74, 6) is -1.96. The van der Waals surface area contributed by atoms with Crippen LogP contribution in [-0.2, 0) is 0 Å². The van der Waals surface area contributed by atoms with Gasteiger partial charge in [0.2, 0.25) is 0 Å². The first-order chi connectivity index (χ1) is 45.2. The van der Waals surface area contributed by atoms with Crippen molar-refractivity contribution in [2.24, 2.45) is 0 Å². The van der Waals surface area contributed by atoms with Crippen LogP contribution < -0.4 is 9.80 Å². The van der Waals surface area contributed by atoms with Crippen molar-refractivity contribution in [3.63, 3.8) is 0 Å². The zero-order valence-corrected chi connectivity index (χ0v) is 56.2. The molecule has 93 heavy (non-hydrogen) atoms. The van der Waals surface area contributed by atoms with Crippen LogP contribution in [0.5, 0.6) is 0 Å². The molecule has 0 unspecified atom stereocenters. The third-order valence-electron chi connectivity index (χ3n) is 20.5. The molecule has 8 aromatic rings. The van der Waals surface area contributed by atoms with Crippen LogP contribution in [0.15, 0.2) is 97.1 Å². The van der Waals surface area contributed by atoms with E-state index in [1.165, 1.54) is 48.4 Å². The summed E-state index contributed by atoms with van der Waals surface area (Å²) in [6, 6.07) is 29.1. The maximum Gasteiger partial charge on any atom is 0.276 e. The molecule has 9 heterocycles. The molecule has 14 nitrogen and oxygen atoms in total. The Bertz CT molecular complexity index is 4230. The Balaban J connectivity index is 0.000000111. The van der Waals surface area contributed by atoms with E-state index in [2.05, 4.69) is 0 Å². The molecule has 6 aliphatic heterocycles. The number of amides is 8. The van der Waals surface area contributed by atoms with E-state index in [0.717, 1.165) is 167 Å². The molecule has 5 aromatic carbocycles. The van der Waals surface area contributed by atoms with Gasteiger partial charge in [0.25, 0.3) is 47.3 Å². The predicted molar refractivity (Wildman–Crippen MR) is 380 cm³/mol. The number of thiophene rings is 3. The zero-order chi connectivity index (χ0) is 63.8. The lowest BCUT2D eigenvalue weighted by Gasteiger charge is -2.38. The number of hydrogen-bond acceptors (Lipinski definition) is 15. The standard InChI is InChI=1S/C24H12N2O4S.2C24H24N2O2S3/c27-21-15-11-12-16-18-17(15)19(23(29)25(21)13-7-3-1-4-8-13)31-20(18)24(30)26(22(16)28)14-9-5-2-6-10-14;27-21-15-11-12-16-18-17(15)20(24(30)25(21)13-7-3-1-4-8-13)31-19(18)22(28)26(23(16)29)14-9-5-2-6-10-14;27-21-19-17-15(23(29)25(21)13-7-3-1-4-8-13)11-12-16-18(17)20(31-19)22(28)26(24(16)30)14-9-5-2-6-10-14/h1-12H;2*11-14H,1-10H2. The first-order valence-electron chi connectivity index (χ1n) is 32.4. The van der Waals surface area contributed by atoms with Crippen molar-refractivity contribution in [3.8, 4) is 0 Å². The van der Waals surface area contributed by atoms with Gasteiger partial charge in [0, 0.05) is 89.9 Å². The molecule has 10 aliphatic rings. The Morgan fingerprint density at radius 1 is 0.258 bits per heavy atom. The van der Waals surface area contributed by atoms with Gasteiger partial charge < -0.3 is 0 Å². The Morgan fingerprint density at radius 2 is 0.505 bits per heavy atom. The van der Waals surface area contributed by atoms with E-state index in [0.29, 0.717) is 83.2 Å². The molecule has 0 saturated heterocycles. The highest BCUT2D eigenvalue weighted by Gasteiger charge is 2.48. The van der Waals surface area contributed by atoms with E-state index < -0.39 is 23.6 Å². The lowest BCUT2D eigenvalue weighted by atomic mass is 9.88. The van der Waals surface area contributed by atoms with Gasteiger partial charge in [0.05, 0.1) is 16.3 Å². The molecule has 0 radical (unpaired) electrons. The van der Waals surface area contributed by atoms with Gasteiger partial charge in [-0.25, -0.2) is 9.80 Å². The maximum absolute atomic E-state index is 13.7. The largest absolute Gasteiger partial charge is 0.295 e. The van der Waals surface area contributed by atoms with Crippen molar-refractivity contribution in [1.82, 2.24) is 19.6 Å². The van der Waals surface area contributed by atoms with Crippen molar-refractivity contribution < 1.29 is 38.4 Å². The van der Waals surface area contributed by atoms with E-state index in [9.17, 15) is 38.4 Å². The molecular formula is C72H60N6O8S7. The highest BCUT2D eigenvalue weighted by Crippen LogP contribution is 2.50. The van der Waals surface area contributed by atoms with Gasteiger partial charge in [0.1, 0.15) is 44.3 Å². The summed E-state index contributed by atoms with van der Waals surface area (Å²) in [6.45, 7) is 0. The molecule has 18 rings (SSSR count). The van der Waals surface area contributed by atoms with Crippen LogP contribution in [0, 0.1) is 0 Å². The van der Waals surface area contributed by atoms with Gasteiger partial charge in [0.15, 0.2) is 0 Å². The summed E-state index contributed by atoms with van der Waals surface area (Å²) in [4.78, 5) is 123. The number of nitrogens with zero attached hydrogens (tertiary/aromatic N) is 6. The summed E-state index contributed by atoms with van der Waals surface area (Å²) < 4.78 is 0. The Kier molecular flexibility index (Phi) is 15.4. The van der Waals surface area contributed by atoms with Crippen molar-refractivity contribution in [2.45, 2.75) is 153 Å². The van der Waals surface area contributed by atoms with E-state index in [-0.39, 0.29) is 47.8 Å². The third kappa shape index (κ3) is 9.39. The Labute approximate surface area is 569 Å². The van der Waals surface area contributed by atoms with Gasteiger partial charge in [-0.1, -0.05) is 181 Å². The number of rotatable bonds is 6. The van der Waals surface area contributed by atoms with E-state index in [1.807, 2.05) is 43.9 Å². The minimum absolute atomic E-state index is 0.00386. The number of benzene rings is 5. The lowest BCUT2D eigenvalue weighted by molar-refractivity contribution is 0.0771. The molecule has 0 bridgehead atoms. The quantitative estimate of drug-likeness (QED) is 0.115. The molecule has 21 heteroatoms. The number of imide groups is 2. The monoisotopic (exact) mass is 1360 g/mol. The molecule has 0 N–H and O–H groups in total. The third-order valence-corrected chi connectivity index (χ3v) is 25.8. The SMILES string of the molecule is O=C1c2ccc3c4c(sc(c24)C(=O)N1c1ccccc1)C(=O)N(c1ccccc1)C3=O.O=C1c2ccc3c4c(sc(c24)C(=S)N1C1CCCCC1)C(=O)N(C1CCCCC1)C3=S.O=C1c2sc3c4c(ccc(c24)C(=S)N1C1CCCCC1)C(=S)N(C1CCCCC1)C3=O. The second-order valence-electron chi connectivity index (χ2n) is 25.7. The summed E-state index contributed by atoms with van der Waals surface area (Å²) >= 11 is 27.3. The second-order valence-corrected chi connectivity index (χ2v) is 30.3. The van der Waals surface area contributed by atoms with Crippen LogP contribution in [-0.4, -0.2) is 111 Å². The van der Waals surface area contributed by atoms with Crippen LogP contribution in [0.25, 0.3) is 32.3 Å². The van der Waals surface area contributed by atoms with E-state index >= 15 is 0 Å². The average molecular weight is 1360 g/mol. The minimum atomic E-state index is -0.490. The van der Waals surface area contributed by atoms with Crippen LogP contribution >= 0.6 is 82.9 Å². The summed E-state index contributed by atoms with van der Waals surface area (Å²) in [5.41, 5.74) is 4.96. The number of anilines is 2. The molecule has 0 spiro atoms. The number of thiocarbonyl (C=S) groups is 4. The van der Waals surface area contributed by atoms with Gasteiger partial charge >= 0.3 is 0 Å². The van der Waals surface area contributed by atoms with Crippen LogP contribution in [0.1, 0.15) is 229 Å². The molecule has 468 valence electrons. The number of hydrogen-bond donors (Lipinski definition) is 0. The highest BCUT2D eigenvalue weighted by atomic mass is 32.1. The summed E-state index contributed by atoms with van der Waals surface area (Å²) in [6.07, 6.45) is 22.0. The molecule has 0 atom stereocenters. The second kappa shape index (κ2) is 23.8. The molecule has 4 fully saturated rings. The Morgan fingerprint density at radius 3 is 0.828 bits per heavy atom. The van der Waals surface area contributed by atoms with E-state index in [1.54, 1.807) is 72.8 Å². The highest BCUT2D eigenvalue weighted by molar-refractivity contribution is 7.81. The average Bonchev–Trinajstić information content (AvgIpc) is 1.61.